The molecule has 2 unspecified atom stereocenters. The number of aliphatic hydroxyl groups is 1. The number of esters is 1. The van der Waals surface area contributed by atoms with Crippen molar-refractivity contribution in [1.29, 1.82) is 0 Å². The van der Waals surface area contributed by atoms with Crippen LogP contribution in [0.25, 0.3) is 0 Å². The molecular formula is C23H34O4. The van der Waals surface area contributed by atoms with Gasteiger partial charge in [-0.1, -0.05) is 0 Å². The first-order valence-electron chi connectivity index (χ1n) is 11.5. The SMILES string of the molecule is O=C(OCOCC12CC3CC(CC(C3)C1)C2)C12CC3CC(C1)C(O)C(C3)C2. The summed E-state index contributed by atoms with van der Waals surface area (Å²) in [6.45, 7) is 0.911. The van der Waals surface area contributed by atoms with E-state index in [1.54, 1.807) is 0 Å². The van der Waals surface area contributed by atoms with Gasteiger partial charge in [-0.2, -0.15) is 0 Å². The van der Waals surface area contributed by atoms with Gasteiger partial charge >= 0.3 is 5.97 Å². The van der Waals surface area contributed by atoms with Crippen LogP contribution in [0, 0.1) is 46.3 Å². The number of aliphatic hydroxyl groups excluding tert-OH is 1. The summed E-state index contributed by atoms with van der Waals surface area (Å²) >= 11 is 0. The van der Waals surface area contributed by atoms with Crippen LogP contribution in [-0.2, 0) is 14.3 Å². The second-order valence-corrected chi connectivity index (χ2v) is 11.6. The minimum absolute atomic E-state index is 0.0423. The number of carbonyl (C=O) groups is 1. The van der Waals surface area contributed by atoms with E-state index in [0.29, 0.717) is 23.2 Å². The van der Waals surface area contributed by atoms with Crippen molar-refractivity contribution < 1.29 is 19.4 Å². The van der Waals surface area contributed by atoms with Crippen molar-refractivity contribution in [3.8, 4) is 0 Å². The van der Waals surface area contributed by atoms with Gasteiger partial charge < -0.3 is 14.6 Å². The second kappa shape index (κ2) is 5.95. The zero-order chi connectivity index (χ0) is 18.2. The zero-order valence-electron chi connectivity index (χ0n) is 16.4. The predicted octanol–water partition coefficient (Wildman–Crippen LogP) is 3.91. The van der Waals surface area contributed by atoms with Gasteiger partial charge in [0.2, 0.25) is 0 Å². The number of ether oxygens (including phenoxy) is 2. The molecule has 0 spiro atoms. The van der Waals surface area contributed by atoms with Gasteiger partial charge in [0.15, 0.2) is 6.79 Å². The van der Waals surface area contributed by atoms with Gasteiger partial charge in [0.05, 0.1) is 18.1 Å². The van der Waals surface area contributed by atoms with E-state index in [4.69, 9.17) is 9.47 Å². The maximum Gasteiger partial charge on any atom is 0.314 e. The molecule has 8 aliphatic carbocycles. The molecule has 0 radical (unpaired) electrons. The van der Waals surface area contributed by atoms with Crippen molar-refractivity contribution in [3.05, 3.63) is 0 Å². The smallest absolute Gasteiger partial charge is 0.314 e. The fraction of sp³-hybridized carbons (Fsp3) is 0.957. The molecule has 0 aromatic heterocycles. The normalized spacial score (nSPS) is 54.5. The molecule has 0 aliphatic heterocycles. The molecule has 0 aromatic carbocycles. The standard InChI is InChI=1S/C23H34O4/c24-20-18-4-17-5-19(20)11-23(9-17,10-18)21(25)27-13-26-12-22-6-14-1-15(7-22)3-16(2-14)8-22/h14-20,24H,1-13H2. The third-order valence-corrected chi connectivity index (χ3v) is 9.50. The highest BCUT2D eigenvalue weighted by molar-refractivity contribution is 5.77. The van der Waals surface area contributed by atoms with Gasteiger partial charge in [-0.25, -0.2) is 0 Å². The van der Waals surface area contributed by atoms with Crippen LogP contribution in [0.3, 0.4) is 0 Å². The molecule has 4 heteroatoms. The maximum atomic E-state index is 12.9. The van der Waals surface area contributed by atoms with Gasteiger partial charge in [0, 0.05) is 0 Å². The quantitative estimate of drug-likeness (QED) is 0.450. The van der Waals surface area contributed by atoms with Crippen molar-refractivity contribution in [2.45, 2.75) is 76.7 Å². The summed E-state index contributed by atoms with van der Waals surface area (Å²) in [5.41, 5.74) is 0.0612. The summed E-state index contributed by atoms with van der Waals surface area (Å²) in [6, 6.07) is 0. The Morgan fingerprint density at radius 1 is 0.815 bits per heavy atom. The summed E-state index contributed by atoms with van der Waals surface area (Å²) < 4.78 is 11.7. The zero-order valence-corrected chi connectivity index (χ0v) is 16.4. The number of carbonyl (C=O) groups excluding carboxylic acids is 1. The van der Waals surface area contributed by atoms with Crippen molar-refractivity contribution in [2.24, 2.45) is 46.3 Å². The summed E-state index contributed by atoms with van der Waals surface area (Å²) in [5.74, 6) is 4.00. The van der Waals surface area contributed by atoms with E-state index in [0.717, 1.165) is 56.5 Å². The van der Waals surface area contributed by atoms with Crippen LogP contribution < -0.4 is 0 Å². The van der Waals surface area contributed by atoms with Crippen molar-refractivity contribution in [2.75, 3.05) is 13.4 Å². The lowest BCUT2D eigenvalue weighted by molar-refractivity contribution is -0.198. The average molecular weight is 375 g/mol. The van der Waals surface area contributed by atoms with Gasteiger partial charge in [-0.05, 0) is 112 Å². The molecule has 8 saturated carbocycles. The maximum absolute atomic E-state index is 12.9. The van der Waals surface area contributed by atoms with Gasteiger partial charge in [0.1, 0.15) is 0 Å². The molecule has 150 valence electrons. The minimum Gasteiger partial charge on any atom is -0.438 e. The van der Waals surface area contributed by atoms with E-state index in [1.165, 1.54) is 38.5 Å². The van der Waals surface area contributed by atoms with E-state index in [1.807, 2.05) is 0 Å². The summed E-state index contributed by atoms with van der Waals surface area (Å²) in [7, 11) is 0. The molecule has 0 aromatic rings. The van der Waals surface area contributed by atoms with Crippen LogP contribution >= 0.6 is 0 Å². The van der Waals surface area contributed by atoms with Gasteiger partial charge in [-0.15, -0.1) is 0 Å². The van der Waals surface area contributed by atoms with Crippen molar-refractivity contribution >= 4 is 5.97 Å². The first kappa shape index (κ1) is 17.3. The van der Waals surface area contributed by atoms with Crippen LogP contribution in [0.1, 0.15) is 70.6 Å². The monoisotopic (exact) mass is 374 g/mol. The molecule has 1 N–H and O–H groups in total. The van der Waals surface area contributed by atoms with Crippen LogP contribution in [0.4, 0.5) is 0 Å². The Morgan fingerprint density at radius 3 is 1.96 bits per heavy atom. The van der Waals surface area contributed by atoms with E-state index >= 15 is 0 Å². The summed E-state index contributed by atoms with van der Waals surface area (Å²) in [4.78, 5) is 12.9. The van der Waals surface area contributed by atoms with E-state index < -0.39 is 0 Å². The van der Waals surface area contributed by atoms with Crippen LogP contribution in [0.15, 0.2) is 0 Å². The van der Waals surface area contributed by atoms with Crippen LogP contribution in [-0.4, -0.2) is 30.6 Å². The highest BCUT2D eigenvalue weighted by Crippen LogP contribution is 2.61. The highest BCUT2D eigenvalue weighted by atomic mass is 16.7. The topological polar surface area (TPSA) is 55.8 Å². The van der Waals surface area contributed by atoms with E-state index in [9.17, 15) is 9.90 Å². The lowest BCUT2D eigenvalue weighted by Crippen LogP contribution is -2.56. The molecule has 8 bridgehead atoms. The van der Waals surface area contributed by atoms with Crippen LogP contribution in [0.5, 0.6) is 0 Å². The van der Waals surface area contributed by atoms with Crippen molar-refractivity contribution in [3.63, 3.8) is 0 Å². The fourth-order valence-corrected chi connectivity index (χ4v) is 9.22. The first-order valence-corrected chi connectivity index (χ1v) is 11.5. The van der Waals surface area contributed by atoms with Crippen LogP contribution in [0.2, 0.25) is 0 Å². The lowest BCUT2D eigenvalue weighted by atomic mass is 9.48. The number of rotatable bonds is 5. The molecule has 8 fully saturated rings. The molecule has 8 aliphatic rings. The highest BCUT2D eigenvalue weighted by Gasteiger charge is 2.59. The van der Waals surface area contributed by atoms with Crippen molar-refractivity contribution in [1.82, 2.24) is 0 Å². The Morgan fingerprint density at radius 2 is 1.37 bits per heavy atom. The molecule has 2 atom stereocenters. The lowest BCUT2D eigenvalue weighted by Gasteiger charge is -2.57. The third kappa shape index (κ3) is 2.73. The third-order valence-electron chi connectivity index (χ3n) is 9.50. The molecule has 0 heterocycles. The summed E-state index contributed by atoms with van der Waals surface area (Å²) in [5, 5.41) is 10.4. The molecule has 0 amide bonds. The minimum atomic E-state index is -0.320. The van der Waals surface area contributed by atoms with E-state index in [-0.39, 0.29) is 24.3 Å². The van der Waals surface area contributed by atoms with Gasteiger partial charge in [0.25, 0.3) is 0 Å². The Bertz CT molecular complexity index is 577. The van der Waals surface area contributed by atoms with E-state index in [2.05, 4.69) is 0 Å². The fourth-order valence-electron chi connectivity index (χ4n) is 9.22. The molecule has 0 saturated heterocycles. The molecule has 4 nitrogen and oxygen atoms in total. The summed E-state index contributed by atoms with van der Waals surface area (Å²) in [6.07, 6.45) is 13.0. The second-order valence-electron chi connectivity index (χ2n) is 11.6. The molecule has 27 heavy (non-hydrogen) atoms. The first-order chi connectivity index (χ1) is 13.0. The average Bonchev–Trinajstić information content (AvgIpc) is 2.61. The molecular weight excluding hydrogens is 340 g/mol. The number of hydrogen-bond acceptors (Lipinski definition) is 4. The Hall–Kier alpha value is -0.610. The van der Waals surface area contributed by atoms with Gasteiger partial charge in [-0.3, -0.25) is 4.79 Å². The predicted molar refractivity (Wildman–Crippen MR) is 99.5 cm³/mol. The Labute approximate surface area is 162 Å². The Balaban J connectivity index is 1.04. The molecule has 8 rings (SSSR count). The number of hydrogen-bond donors (Lipinski definition) is 1. The largest absolute Gasteiger partial charge is 0.438 e. The Kier molecular flexibility index (Phi) is 3.80.